The van der Waals surface area contributed by atoms with Crippen LogP contribution in [0.3, 0.4) is 0 Å². The molecule has 0 unspecified atom stereocenters. The fourth-order valence-corrected chi connectivity index (χ4v) is 3.10. The average molecular weight is 286 g/mol. The second-order valence-corrected chi connectivity index (χ2v) is 5.69. The molecule has 2 aliphatic rings. The number of halogens is 3. The van der Waals surface area contributed by atoms with Crippen LogP contribution in [-0.4, -0.2) is 36.1 Å². The molecular formula is C13H17F3N4. The number of hydrogen-bond donors (Lipinski definition) is 1. The Kier molecular flexibility index (Phi) is 3.32. The van der Waals surface area contributed by atoms with Crippen molar-refractivity contribution in [3.63, 3.8) is 0 Å². The van der Waals surface area contributed by atoms with E-state index in [1.165, 1.54) is 0 Å². The Labute approximate surface area is 115 Å². The van der Waals surface area contributed by atoms with Crippen LogP contribution in [0.2, 0.25) is 0 Å². The van der Waals surface area contributed by atoms with Crippen molar-refractivity contribution in [2.75, 3.05) is 31.1 Å². The molecule has 2 aliphatic heterocycles. The predicted octanol–water partition coefficient (Wildman–Crippen LogP) is 2.08. The van der Waals surface area contributed by atoms with Gasteiger partial charge in [0.2, 0.25) is 5.95 Å². The molecule has 0 atom stereocenters. The van der Waals surface area contributed by atoms with Crippen molar-refractivity contribution >= 4 is 5.95 Å². The highest BCUT2D eigenvalue weighted by Gasteiger charge is 2.40. The van der Waals surface area contributed by atoms with Gasteiger partial charge in [0.05, 0.1) is 5.56 Å². The van der Waals surface area contributed by atoms with Gasteiger partial charge in [0.15, 0.2) is 0 Å². The van der Waals surface area contributed by atoms with Crippen LogP contribution in [0.5, 0.6) is 0 Å². The van der Waals surface area contributed by atoms with Crippen LogP contribution < -0.4 is 10.2 Å². The average Bonchev–Trinajstić information content (AvgIpc) is 2.83. The van der Waals surface area contributed by atoms with Gasteiger partial charge in [-0.1, -0.05) is 0 Å². The number of alkyl halides is 3. The predicted molar refractivity (Wildman–Crippen MR) is 68.4 cm³/mol. The summed E-state index contributed by atoms with van der Waals surface area (Å²) >= 11 is 0. The van der Waals surface area contributed by atoms with Crippen LogP contribution >= 0.6 is 0 Å². The van der Waals surface area contributed by atoms with Gasteiger partial charge in [0.25, 0.3) is 0 Å². The minimum absolute atomic E-state index is 0.289. The molecule has 0 saturated carbocycles. The molecule has 1 spiro atoms. The first-order valence-electron chi connectivity index (χ1n) is 6.84. The standard InChI is InChI=1S/C13H17F3N4/c14-13(15,16)10-7-18-11(19-8-10)20-6-3-12(9-20)1-4-17-5-2-12/h7-8,17H,1-6,9H2. The lowest BCUT2D eigenvalue weighted by atomic mass is 9.78. The highest BCUT2D eigenvalue weighted by atomic mass is 19.4. The number of rotatable bonds is 1. The summed E-state index contributed by atoms with van der Waals surface area (Å²) in [5.41, 5.74) is -0.505. The van der Waals surface area contributed by atoms with E-state index in [0.717, 1.165) is 57.8 Å². The summed E-state index contributed by atoms with van der Waals surface area (Å²) in [4.78, 5) is 9.77. The van der Waals surface area contributed by atoms with Gasteiger partial charge in [-0.15, -0.1) is 0 Å². The van der Waals surface area contributed by atoms with E-state index in [0.29, 0.717) is 5.95 Å². The fourth-order valence-electron chi connectivity index (χ4n) is 3.10. The molecule has 1 aromatic rings. The zero-order valence-electron chi connectivity index (χ0n) is 11.1. The molecule has 2 fully saturated rings. The largest absolute Gasteiger partial charge is 0.419 e. The van der Waals surface area contributed by atoms with E-state index in [2.05, 4.69) is 15.3 Å². The molecule has 1 N–H and O–H groups in total. The number of nitrogens with zero attached hydrogens (tertiary/aromatic N) is 3. The van der Waals surface area contributed by atoms with Crippen molar-refractivity contribution in [1.82, 2.24) is 15.3 Å². The molecule has 0 radical (unpaired) electrons. The van der Waals surface area contributed by atoms with Crippen molar-refractivity contribution in [2.45, 2.75) is 25.4 Å². The number of nitrogens with one attached hydrogen (secondary N) is 1. The van der Waals surface area contributed by atoms with Gasteiger partial charge in [-0.05, 0) is 37.8 Å². The summed E-state index contributed by atoms with van der Waals surface area (Å²) in [5, 5.41) is 3.34. The van der Waals surface area contributed by atoms with Crippen molar-refractivity contribution in [3.8, 4) is 0 Å². The first-order valence-corrected chi connectivity index (χ1v) is 6.84. The lowest BCUT2D eigenvalue weighted by molar-refractivity contribution is -0.138. The molecular weight excluding hydrogens is 269 g/mol. The maximum atomic E-state index is 12.5. The summed E-state index contributed by atoms with van der Waals surface area (Å²) in [6.45, 7) is 3.70. The Morgan fingerprint density at radius 3 is 2.35 bits per heavy atom. The monoisotopic (exact) mass is 286 g/mol. The van der Waals surface area contributed by atoms with Gasteiger partial charge in [-0.25, -0.2) is 9.97 Å². The van der Waals surface area contributed by atoms with Crippen LogP contribution in [0.25, 0.3) is 0 Å². The van der Waals surface area contributed by atoms with E-state index in [4.69, 9.17) is 0 Å². The maximum Gasteiger partial charge on any atom is 0.419 e. The Morgan fingerprint density at radius 1 is 1.10 bits per heavy atom. The normalized spacial score (nSPS) is 22.4. The Morgan fingerprint density at radius 2 is 1.75 bits per heavy atom. The second kappa shape index (κ2) is 4.87. The molecule has 20 heavy (non-hydrogen) atoms. The summed E-state index contributed by atoms with van der Waals surface area (Å²) in [6, 6.07) is 0. The first-order chi connectivity index (χ1) is 9.49. The number of aromatic nitrogens is 2. The summed E-state index contributed by atoms with van der Waals surface area (Å²) in [6.07, 6.45) is 0.665. The molecule has 0 aliphatic carbocycles. The molecule has 0 amide bonds. The van der Waals surface area contributed by atoms with Crippen LogP contribution in [0.4, 0.5) is 19.1 Å². The quantitative estimate of drug-likeness (QED) is 0.858. The van der Waals surface area contributed by atoms with Gasteiger partial charge >= 0.3 is 6.18 Å². The van der Waals surface area contributed by atoms with Gasteiger partial charge in [-0.2, -0.15) is 13.2 Å². The van der Waals surface area contributed by atoms with E-state index in [-0.39, 0.29) is 5.41 Å². The SMILES string of the molecule is FC(F)(F)c1cnc(N2CCC3(CCNCC3)C2)nc1. The zero-order chi connectivity index (χ0) is 14.2. The third kappa shape index (κ3) is 2.59. The Balaban J connectivity index is 1.71. The lowest BCUT2D eigenvalue weighted by Crippen LogP contribution is -2.38. The molecule has 110 valence electrons. The van der Waals surface area contributed by atoms with Crippen LogP contribution in [0.1, 0.15) is 24.8 Å². The third-order valence-corrected chi connectivity index (χ3v) is 4.35. The molecule has 0 aromatic carbocycles. The van der Waals surface area contributed by atoms with E-state index in [1.54, 1.807) is 0 Å². The van der Waals surface area contributed by atoms with Crippen molar-refractivity contribution in [3.05, 3.63) is 18.0 Å². The van der Waals surface area contributed by atoms with E-state index in [1.807, 2.05) is 4.90 Å². The van der Waals surface area contributed by atoms with Gasteiger partial charge in [0, 0.05) is 25.5 Å². The summed E-state index contributed by atoms with van der Waals surface area (Å²) in [7, 11) is 0. The van der Waals surface area contributed by atoms with E-state index >= 15 is 0 Å². The number of piperidine rings is 1. The second-order valence-electron chi connectivity index (χ2n) is 5.69. The molecule has 3 heterocycles. The molecule has 1 aromatic heterocycles. The number of hydrogen-bond acceptors (Lipinski definition) is 4. The van der Waals surface area contributed by atoms with Crippen molar-refractivity contribution in [1.29, 1.82) is 0 Å². The van der Waals surface area contributed by atoms with E-state index in [9.17, 15) is 13.2 Å². The summed E-state index contributed by atoms with van der Waals surface area (Å²) in [5.74, 6) is 0.411. The minimum Gasteiger partial charge on any atom is -0.340 e. The van der Waals surface area contributed by atoms with Gasteiger partial charge in [0.1, 0.15) is 0 Å². The molecule has 4 nitrogen and oxygen atoms in total. The van der Waals surface area contributed by atoms with E-state index < -0.39 is 11.7 Å². The Bertz CT molecular complexity index is 465. The van der Waals surface area contributed by atoms with Crippen LogP contribution in [0.15, 0.2) is 12.4 Å². The fraction of sp³-hybridized carbons (Fsp3) is 0.692. The van der Waals surface area contributed by atoms with Crippen molar-refractivity contribution < 1.29 is 13.2 Å². The third-order valence-electron chi connectivity index (χ3n) is 4.35. The first kappa shape index (κ1) is 13.6. The van der Waals surface area contributed by atoms with Gasteiger partial charge < -0.3 is 10.2 Å². The molecule has 3 rings (SSSR count). The van der Waals surface area contributed by atoms with Crippen LogP contribution in [0, 0.1) is 5.41 Å². The molecule has 2 saturated heterocycles. The Hall–Kier alpha value is -1.37. The van der Waals surface area contributed by atoms with Crippen LogP contribution in [-0.2, 0) is 6.18 Å². The molecule has 7 heteroatoms. The lowest BCUT2D eigenvalue weighted by Gasteiger charge is -2.33. The zero-order valence-corrected chi connectivity index (χ0v) is 11.1. The molecule has 0 bridgehead atoms. The minimum atomic E-state index is -4.38. The number of anilines is 1. The highest BCUT2D eigenvalue weighted by Crippen LogP contribution is 2.39. The topological polar surface area (TPSA) is 41.1 Å². The smallest absolute Gasteiger partial charge is 0.340 e. The van der Waals surface area contributed by atoms with Crippen molar-refractivity contribution in [2.24, 2.45) is 5.41 Å². The van der Waals surface area contributed by atoms with Gasteiger partial charge in [-0.3, -0.25) is 0 Å². The maximum absolute atomic E-state index is 12.5. The highest BCUT2D eigenvalue weighted by molar-refractivity contribution is 5.33. The summed E-state index contributed by atoms with van der Waals surface area (Å²) < 4.78 is 37.4.